The number of halogens is 1. The van der Waals surface area contributed by atoms with Crippen LogP contribution in [-0.4, -0.2) is 44.8 Å². The molecule has 0 saturated carbocycles. The molecule has 0 amide bonds. The average Bonchev–Trinajstić information content (AvgIpc) is 2.69. The van der Waals surface area contributed by atoms with Gasteiger partial charge in [0.2, 0.25) is 11.8 Å². The van der Waals surface area contributed by atoms with Gasteiger partial charge in [-0.15, -0.1) is 0 Å². The molecule has 0 aliphatic rings. The van der Waals surface area contributed by atoms with Gasteiger partial charge < -0.3 is 19.9 Å². The number of rotatable bonds is 8. The molecule has 3 aromatic heterocycles. The van der Waals surface area contributed by atoms with Gasteiger partial charge in [-0.25, -0.2) is 15.0 Å². The lowest BCUT2D eigenvalue weighted by atomic mass is 10.2. The fraction of sp³-hybridized carbons (Fsp3) is 0.300. The highest BCUT2D eigenvalue weighted by atomic mass is 35.5. The van der Waals surface area contributed by atoms with Crippen LogP contribution in [-0.2, 0) is 0 Å². The second kappa shape index (κ2) is 9.49. The van der Waals surface area contributed by atoms with E-state index in [2.05, 4.69) is 25.3 Å². The zero-order valence-electron chi connectivity index (χ0n) is 16.4. The van der Waals surface area contributed by atoms with Crippen LogP contribution in [0.3, 0.4) is 0 Å². The summed E-state index contributed by atoms with van der Waals surface area (Å²) in [5.41, 5.74) is 2.01. The van der Waals surface area contributed by atoms with Crippen molar-refractivity contribution in [3.63, 3.8) is 0 Å². The minimum absolute atomic E-state index is 0.0362. The second-order valence-corrected chi connectivity index (χ2v) is 6.76. The maximum Gasteiger partial charge on any atom is 0.227 e. The molecule has 152 valence electrons. The summed E-state index contributed by atoms with van der Waals surface area (Å²) >= 11 is 5.90. The van der Waals surface area contributed by atoms with Gasteiger partial charge in [0.1, 0.15) is 16.7 Å². The number of hydrogen-bond donors (Lipinski definition) is 2. The normalized spacial score (nSPS) is 11.8. The molecular formula is C20H22ClN5O3. The van der Waals surface area contributed by atoms with Gasteiger partial charge in [0.25, 0.3) is 0 Å². The Morgan fingerprint density at radius 1 is 1.21 bits per heavy atom. The Morgan fingerprint density at radius 2 is 2.03 bits per heavy atom. The monoisotopic (exact) mass is 415 g/mol. The van der Waals surface area contributed by atoms with Crippen molar-refractivity contribution in [3.05, 3.63) is 47.5 Å². The van der Waals surface area contributed by atoms with Crippen molar-refractivity contribution in [1.82, 2.24) is 19.9 Å². The zero-order valence-corrected chi connectivity index (χ0v) is 17.1. The second-order valence-electron chi connectivity index (χ2n) is 6.37. The zero-order chi connectivity index (χ0) is 20.8. The maximum atomic E-state index is 9.03. The van der Waals surface area contributed by atoms with Crippen molar-refractivity contribution in [3.8, 4) is 28.6 Å². The summed E-state index contributed by atoms with van der Waals surface area (Å²) in [5, 5.41) is 12.5. The van der Waals surface area contributed by atoms with Crippen LogP contribution in [0.15, 0.2) is 36.7 Å². The Bertz CT molecular complexity index is 986. The number of anilines is 1. The SMILES string of the molecule is COc1nc(NC(C)CCO)ncc1-c1ccc(Oc2ccnc(Cl)c2)c(C)n1. The van der Waals surface area contributed by atoms with Gasteiger partial charge in [-0.2, -0.15) is 4.98 Å². The number of aliphatic hydroxyl groups is 1. The highest BCUT2D eigenvalue weighted by Gasteiger charge is 2.14. The maximum absolute atomic E-state index is 9.03. The van der Waals surface area contributed by atoms with E-state index < -0.39 is 0 Å². The molecule has 2 N–H and O–H groups in total. The van der Waals surface area contributed by atoms with Gasteiger partial charge >= 0.3 is 0 Å². The third-order valence-corrected chi connectivity index (χ3v) is 4.33. The molecule has 0 aliphatic carbocycles. The molecule has 0 radical (unpaired) electrons. The lowest BCUT2D eigenvalue weighted by Gasteiger charge is -2.14. The van der Waals surface area contributed by atoms with Crippen LogP contribution < -0.4 is 14.8 Å². The standard InChI is InChI=1S/C20H22ClN5O3/c1-12(7-9-27)24-20-23-11-15(19(26-20)28-3)16-4-5-17(13(2)25-16)29-14-6-8-22-18(21)10-14/h4-6,8,10-12,27H,7,9H2,1-3H3,(H,23,24,26). The summed E-state index contributed by atoms with van der Waals surface area (Å²) < 4.78 is 11.3. The summed E-state index contributed by atoms with van der Waals surface area (Å²) in [6.45, 7) is 3.88. The van der Waals surface area contributed by atoms with Crippen molar-refractivity contribution < 1.29 is 14.6 Å². The molecule has 3 heterocycles. The molecule has 0 spiro atoms. The van der Waals surface area contributed by atoms with E-state index in [0.29, 0.717) is 51.9 Å². The van der Waals surface area contributed by atoms with Crippen LogP contribution in [0, 0.1) is 6.92 Å². The summed E-state index contributed by atoms with van der Waals surface area (Å²) in [6, 6.07) is 7.03. The first-order valence-corrected chi connectivity index (χ1v) is 9.43. The molecule has 0 fully saturated rings. The fourth-order valence-electron chi connectivity index (χ4n) is 2.63. The Labute approximate surface area is 173 Å². The number of nitrogens with one attached hydrogen (secondary N) is 1. The van der Waals surface area contributed by atoms with Gasteiger partial charge in [-0.1, -0.05) is 11.6 Å². The summed E-state index contributed by atoms with van der Waals surface area (Å²) in [6.07, 6.45) is 3.83. The van der Waals surface area contributed by atoms with Gasteiger partial charge in [0, 0.05) is 31.1 Å². The van der Waals surface area contributed by atoms with Gasteiger partial charge in [-0.3, -0.25) is 0 Å². The molecule has 3 rings (SSSR count). The molecule has 0 aromatic carbocycles. The number of nitrogens with zero attached hydrogens (tertiary/aromatic N) is 4. The van der Waals surface area contributed by atoms with Crippen LogP contribution in [0.1, 0.15) is 19.0 Å². The van der Waals surface area contributed by atoms with E-state index in [4.69, 9.17) is 26.2 Å². The number of ether oxygens (including phenoxy) is 2. The number of hydrogen-bond acceptors (Lipinski definition) is 8. The van der Waals surface area contributed by atoms with Gasteiger partial charge in [0.15, 0.2) is 0 Å². The van der Waals surface area contributed by atoms with E-state index in [9.17, 15) is 0 Å². The molecule has 1 atom stereocenters. The Kier molecular flexibility index (Phi) is 6.79. The van der Waals surface area contributed by atoms with E-state index in [1.807, 2.05) is 26.0 Å². The third kappa shape index (κ3) is 5.30. The topological polar surface area (TPSA) is 102 Å². The predicted octanol–water partition coefficient (Wildman–Crippen LogP) is 3.88. The number of methoxy groups -OCH3 is 1. The lowest BCUT2D eigenvalue weighted by molar-refractivity contribution is 0.282. The molecular weight excluding hydrogens is 394 g/mol. The van der Waals surface area contributed by atoms with E-state index in [1.54, 1.807) is 31.6 Å². The molecule has 8 nitrogen and oxygen atoms in total. The predicted molar refractivity (Wildman–Crippen MR) is 111 cm³/mol. The summed E-state index contributed by atoms with van der Waals surface area (Å²) in [4.78, 5) is 17.3. The third-order valence-electron chi connectivity index (χ3n) is 4.12. The number of aliphatic hydroxyl groups excluding tert-OH is 1. The van der Waals surface area contributed by atoms with Crippen LogP contribution in [0.25, 0.3) is 11.3 Å². The van der Waals surface area contributed by atoms with E-state index >= 15 is 0 Å². The molecule has 0 saturated heterocycles. The number of aryl methyl sites for hydroxylation is 1. The lowest BCUT2D eigenvalue weighted by Crippen LogP contribution is -2.18. The average molecular weight is 416 g/mol. The number of pyridine rings is 2. The minimum atomic E-state index is 0.0362. The highest BCUT2D eigenvalue weighted by molar-refractivity contribution is 6.29. The van der Waals surface area contributed by atoms with Crippen LogP contribution >= 0.6 is 11.6 Å². The Morgan fingerprint density at radius 3 is 2.72 bits per heavy atom. The van der Waals surface area contributed by atoms with Gasteiger partial charge in [0.05, 0.1) is 24.1 Å². The summed E-state index contributed by atoms with van der Waals surface area (Å²) in [5.74, 6) is 2.01. The van der Waals surface area contributed by atoms with E-state index in [-0.39, 0.29) is 12.6 Å². The van der Waals surface area contributed by atoms with Crippen molar-refractivity contribution in [2.75, 3.05) is 19.0 Å². The molecule has 1 unspecified atom stereocenters. The molecule has 0 aliphatic heterocycles. The number of aromatic nitrogens is 4. The van der Waals surface area contributed by atoms with Crippen molar-refractivity contribution in [1.29, 1.82) is 0 Å². The van der Waals surface area contributed by atoms with E-state index in [0.717, 1.165) is 0 Å². The largest absolute Gasteiger partial charge is 0.480 e. The van der Waals surface area contributed by atoms with Crippen molar-refractivity contribution in [2.45, 2.75) is 26.3 Å². The highest BCUT2D eigenvalue weighted by Crippen LogP contribution is 2.31. The quantitative estimate of drug-likeness (QED) is 0.534. The van der Waals surface area contributed by atoms with Crippen molar-refractivity contribution >= 4 is 17.5 Å². The minimum Gasteiger partial charge on any atom is -0.480 e. The van der Waals surface area contributed by atoms with Crippen molar-refractivity contribution in [2.24, 2.45) is 0 Å². The smallest absolute Gasteiger partial charge is 0.227 e. The first-order valence-electron chi connectivity index (χ1n) is 9.06. The fourth-order valence-corrected chi connectivity index (χ4v) is 2.80. The first-order chi connectivity index (χ1) is 14.0. The molecule has 29 heavy (non-hydrogen) atoms. The van der Waals surface area contributed by atoms with Gasteiger partial charge in [-0.05, 0) is 38.5 Å². The molecule has 0 bridgehead atoms. The molecule has 9 heteroatoms. The first kappa shape index (κ1) is 20.8. The molecule has 3 aromatic rings. The van der Waals surface area contributed by atoms with E-state index in [1.165, 1.54) is 0 Å². The Hall–Kier alpha value is -2.97. The van der Waals surface area contributed by atoms with Crippen LogP contribution in [0.5, 0.6) is 17.4 Å². The summed E-state index contributed by atoms with van der Waals surface area (Å²) in [7, 11) is 1.55. The Balaban J connectivity index is 1.83. The van der Waals surface area contributed by atoms with Crippen LogP contribution in [0.4, 0.5) is 5.95 Å². The van der Waals surface area contributed by atoms with Crippen LogP contribution in [0.2, 0.25) is 5.15 Å².